The molecule has 4 N–H and O–H groups in total. The Labute approximate surface area is 110 Å². The van der Waals surface area contributed by atoms with Crippen LogP contribution in [-0.2, 0) is 4.79 Å². The first-order valence-electron chi connectivity index (χ1n) is 5.83. The van der Waals surface area contributed by atoms with E-state index in [0.717, 1.165) is 0 Å². The molecule has 0 unspecified atom stereocenters. The third-order valence-electron chi connectivity index (χ3n) is 2.15. The second-order valence-electron chi connectivity index (χ2n) is 4.29. The van der Waals surface area contributed by atoms with Crippen LogP contribution in [0.1, 0.15) is 20.3 Å². The summed E-state index contributed by atoms with van der Waals surface area (Å²) in [6.45, 7) is 4.06. The molecule has 0 aliphatic rings. The lowest BCUT2D eigenvalue weighted by Gasteiger charge is -2.09. The molecule has 104 valence electrons. The summed E-state index contributed by atoms with van der Waals surface area (Å²) in [6.07, 6.45) is 0.252. The Bertz CT molecular complexity index is 475. The van der Waals surface area contributed by atoms with Crippen LogP contribution in [0, 0.1) is 10.1 Å². The van der Waals surface area contributed by atoms with Crippen LogP contribution in [0.15, 0.2) is 12.1 Å². The van der Waals surface area contributed by atoms with Crippen LogP contribution < -0.4 is 16.4 Å². The molecule has 0 aromatic carbocycles. The molecule has 0 spiro atoms. The largest absolute Gasteiger partial charge is 0.383 e. The molecule has 1 aromatic heterocycles. The molecular formula is C11H17N5O3. The summed E-state index contributed by atoms with van der Waals surface area (Å²) in [5.41, 5.74) is 5.32. The summed E-state index contributed by atoms with van der Waals surface area (Å²) in [5.74, 6) is 0.244. The zero-order valence-electron chi connectivity index (χ0n) is 10.8. The fourth-order valence-corrected chi connectivity index (χ4v) is 1.43. The van der Waals surface area contributed by atoms with Crippen LogP contribution >= 0.6 is 0 Å². The summed E-state index contributed by atoms with van der Waals surface area (Å²) < 4.78 is 0. The minimum atomic E-state index is -0.547. The Balaban J connectivity index is 2.54. The van der Waals surface area contributed by atoms with E-state index in [9.17, 15) is 14.9 Å². The number of carbonyl (C=O) groups excluding carboxylic acids is 1. The first-order chi connectivity index (χ1) is 8.88. The summed E-state index contributed by atoms with van der Waals surface area (Å²) in [7, 11) is 0. The molecule has 0 radical (unpaired) electrons. The van der Waals surface area contributed by atoms with Gasteiger partial charge in [0.1, 0.15) is 11.6 Å². The van der Waals surface area contributed by atoms with Gasteiger partial charge in [-0.1, -0.05) is 0 Å². The Morgan fingerprint density at radius 3 is 2.79 bits per heavy atom. The Kier molecular flexibility index (Phi) is 5.04. The van der Waals surface area contributed by atoms with Crippen LogP contribution in [0.4, 0.5) is 17.3 Å². The van der Waals surface area contributed by atoms with Crippen molar-refractivity contribution in [2.75, 3.05) is 17.6 Å². The molecule has 8 heteroatoms. The van der Waals surface area contributed by atoms with Gasteiger partial charge in [-0.2, -0.15) is 0 Å². The SMILES string of the molecule is CC(C)NC(=O)CCNc1cc([N+](=O)[O-])cc(N)n1. The number of carbonyl (C=O) groups is 1. The van der Waals surface area contributed by atoms with Gasteiger partial charge in [0.2, 0.25) is 5.91 Å². The van der Waals surface area contributed by atoms with Crippen LogP contribution in [0.5, 0.6) is 0 Å². The van der Waals surface area contributed by atoms with E-state index in [2.05, 4.69) is 15.6 Å². The lowest BCUT2D eigenvalue weighted by Crippen LogP contribution is -2.31. The van der Waals surface area contributed by atoms with Crippen LogP contribution in [-0.4, -0.2) is 28.4 Å². The zero-order valence-corrected chi connectivity index (χ0v) is 10.8. The van der Waals surface area contributed by atoms with Crippen molar-refractivity contribution < 1.29 is 9.72 Å². The maximum absolute atomic E-state index is 11.4. The van der Waals surface area contributed by atoms with Gasteiger partial charge in [0.25, 0.3) is 5.69 Å². The van der Waals surface area contributed by atoms with Crippen molar-refractivity contribution in [1.82, 2.24) is 10.3 Å². The second-order valence-corrected chi connectivity index (χ2v) is 4.29. The zero-order chi connectivity index (χ0) is 14.4. The van der Waals surface area contributed by atoms with Crippen molar-refractivity contribution in [2.45, 2.75) is 26.3 Å². The van der Waals surface area contributed by atoms with Gasteiger partial charge in [0.05, 0.1) is 17.1 Å². The maximum atomic E-state index is 11.4. The van der Waals surface area contributed by atoms with E-state index in [1.807, 2.05) is 13.8 Å². The summed E-state index contributed by atoms with van der Waals surface area (Å²) >= 11 is 0. The fraction of sp³-hybridized carbons (Fsp3) is 0.455. The average molecular weight is 267 g/mol. The standard InChI is InChI=1S/C11H17N5O3/c1-7(2)14-11(17)3-4-13-10-6-8(16(18)19)5-9(12)15-10/h5-7H,3-4H2,1-2H3,(H,14,17)(H3,12,13,15). The van der Waals surface area contributed by atoms with E-state index in [0.29, 0.717) is 6.54 Å². The quantitative estimate of drug-likeness (QED) is 0.519. The van der Waals surface area contributed by atoms with Gasteiger partial charge in [0.15, 0.2) is 0 Å². The highest BCUT2D eigenvalue weighted by molar-refractivity contribution is 5.76. The molecule has 0 atom stereocenters. The van der Waals surface area contributed by atoms with Crippen molar-refractivity contribution in [3.05, 3.63) is 22.2 Å². The Hall–Kier alpha value is -2.38. The maximum Gasteiger partial charge on any atom is 0.276 e. The normalized spacial score (nSPS) is 10.3. The van der Waals surface area contributed by atoms with Crippen molar-refractivity contribution in [3.8, 4) is 0 Å². The monoisotopic (exact) mass is 267 g/mol. The number of nitrogens with zero attached hydrogens (tertiary/aromatic N) is 2. The third kappa shape index (κ3) is 5.19. The number of anilines is 2. The predicted molar refractivity (Wildman–Crippen MR) is 71.7 cm³/mol. The highest BCUT2D eigenvalue weighted by Gasteiger charge is 2.10. The molecule has 0 fully saturated rings. The number of amides is 1. The van der Waals surface area contributed by atoms with Crippen LogP contribution in [0.3, 0.4) is 0 Å². The number of nitrogen functional groups attached to an aromatic ring is 1. The molecule has 0 aliphatic heterocycles. The van der Waals surface area contributed by atoms with E-state index in [1.54, 1.807) is 0 Å². The number of nitrogens with one attached hydrogen (secondary N) is 2. The molecular weight excluding hydrogens is 250 g/mol. The molecule has 0 saturated carbocycles. The van der Waals surface area contributed by atoms with E-state index in [-0.39, 0.29) is 35.7 Å². The molecule has 0 aliphatic carbocycles. The summed E-state index contributed by atoms with van der Waals surface area (Å²) in [4.78, 5) is 25.4. The van der Waals surface area contributed by atoms with Gasteiger partial charge >= 0.3 is 0 Å². The molecule has 1 amide bonds. The number of nitro groups is 1. The van der Waals surface area contributed by atoms with Gasteiger partial charge in [-0.15, -0.1) is 0 Å². The van der Waals surface area contributed by atoms with Crippen LogP contribution in [0.25, 0.3) is 0 Å². The lowest BCUT2D eigenvalue weighted by molar-refractivity contribution is -0.384. The fourth-order valence-electron chi connectivity index (χ4n) is 1.43. The number of hydrogen-bond donors (Lipinski definition) is 3. The first kappa shape index (κ1) is 14.7. The molecule has 8 nitrogen and oxygen atoms in total. The minimum absolute atomic E-state index is 0.0586. The molecule has 1 aromatic rings. The van der Waals surface area contributed by atoms with Gasteiger partial charge in [-0.3, -0.25) is 14.9 Å². The second kappa shape index (κ2) is 6.53. The highest BCUT2D eigenvalue weighted by atomic mass is 16.6. The molecule has 1 rings (SSSR count). The number of aromatic nitrogens is 1. The first-order valence-corrected chi connectivity index (χ1v) is 5.83. The van der Waals surface area contributed by atoms with Crippen molar-refractivity contribution in [2.24, 2.45) is 0 Å². The summed E-state index contributed by atoms with van der Waals surface area (Å²) in [6, 6.07) is 2.53. The van der Waals surface area contributed by atoms with Crippen LogP contribution in [0.2, 0.25) is 0 Å². The number of nitrogens with two attached hydrogens (primary N) is 1. The van der Waals surface area contributed by atoms with E-state index >= 15 is 0 Å². The van der Waals surface area contributed by atoms with Gasteiger partial charge in [0, 0.05) is 19.0 Å². The van der Waals surface area contributed by atoms with E-state index < -0.39 is 4.92 Å². The topological polar surface area (TPSA) is 123 Å². The third-order valence-corrected chi connectivity index (χ3v) is 2.15. The van der Waals surface area contributed by atoms with Crippen molar-refractivity contribution in [1.29, 1.82) is 0 Å². The van der Waals surface area contributed by atoms with Gasteiger partial charge in [-0.05, 0) is 13.8 Å². The Morgan fingerprint density at radius 1 is 1.53 bits per heavy atom. The average Bonchev–Trinajstić information content (AvgIpc) is 2.27. The molecule has 0 bridgehead atoms. The van der Waals surface area contributed by atoms with Crippen molar-refractivity contribution in [3.63, 3.8) is 0 Å². The van der Waals surface area contributed by atoms with E-state index in [1.165, 1.54) is 12.1 Å². The predicted octanol–water partition coefficient (Wildman–Crippen LogP) is 0.899. The minimum Gasteiger partial charge on any atom is -0.383 e. The Morgan fingerprint density at radius 2 is 2.21 bits per heavy atom. The molecule has 19 heavy (non-hydrogen) atoms. The smallest absolute Gasteiger partial charge is 0.276 e. The van der Waals surface area contributed by atoms with Crippen molar-refractivity contribution >= 4 is 23.2 Å². The summed E-state index contributed by atoms with van der Waals surface area (Å²) in [5, 5.41) is 16.2. The highest BCUT2D eigenvalue weighted by Crippen LogP contribution is 2.18. The molecule has 0 saturated heterocycles. The number of pyridine rings is 1. The number of rotatable bonds is 6. The number of hydrogen-bond acceptors (Lipinski definition) is 6. The van der Waals surface area contributed by atoms with Gasteiger partial charge < -0.3 is 16.4 Å². The lowest BCUT2D eigenvalue weighted by atomic mass is 10.3. The van der Waals surface area contributed by atoms with Gasteiger partial charge in [-0.25, -0.2) is 4.98 Å². The molecule has 1 heterocycles. The van der Waals surface area contributed by atoms with E-state index in [4.69, 9.17) is 5.73 Å².